The highest BCUT2D eigenvalue weighted by Gasteiger charge is 2.35. The molecule has 0 aromatic heterocycles. The van der Waals surface area contributed by atoms with Gasteiger partial charge in [-0.3, -0.25) is 19.7 Å². The molecule has 3 atom stereocenters. The monoisotopic (exact) mass is 374 g/mol. The van der Waals surface area contributed by atoms with Gasteiger partial charge in [-0.15, -0.1) is 0 Å². The molecule has 1 fully saturated rings. The van der Waals surface area contributed by atoms with E-state index in [0.29, 0.717) is 32.4 Å². The van der Waals surface area contributed by atoms with E-state index >= 15 is 0 Å². The zero-order chi connectivity index (χ0) is 19.8. The van der Waals surface area contributed by atoms with Crippen LogP contribution in [0.1, 0.15) is 45.6 Å². The maximum absolute atomic E-state index is 12.8. The number of rotatable bonds is 9. The van der Waals surface area contributed by atoms with Crippen molar-refractivity contribution in [3.63, 3.8) is 0 Å². The fourth-order valence-corrected chi connectivity index (χ4v) is 3.54. The van der Waals surface area contributed by atoms with Gasteiger partial charge in [-0.2, -0.15) is 0 Å². The molecule has 1 saturated heterocycles. The van der Waals surface area contributed by atoms with Gasteiger partial charge in [-0.1, -0.05) is 30.3 Å². The van der Waals surface area contributed by atoms with E-state index in [0.717, 1.165) is 12.0 Å². The van der Waals surface area contributed by atoms with Crippen LogP contribution in [-0.4, -0.2) is 53.8 Å². The van der Waals surface area contributed by atoms with Crippen molar-refractivity contribution in [1.29, 1.82) is 0 Å². The first-order valence-electron chi connectivity index (χ1n) is 9.71. The van der Waals surface area contributed by atoms with E-state index < -0.39 is 12.1 Å². The van der Waals surface area contributed by atoms with Gasteiger partial charge in [0.1, 0.15) is 6.04 Å². The standard InChI is InChI=1S/C21H30N2O4/c1-4-27-21(26)18(13-12-17-9-6-5-7-10-17)22-15(2)20(25)23-14-8-11-19(23)16(3)24/h5-7,9-10,15,18-19,22H,4,8,11-14H2,1-3H3/t15-,18-,19+/m0/s1. The Kier molecular flexibility index (Phi) is 7.98. The van der Waals surface area contributed by atoms with E-state index in [9.17, 15) is 14.4 Å². The third kappa shape index (κ3) is 5.89. The smallest absolute Gasteiger partial charge is 0.323 e. The Morgan fingerprint density at radius 1 is 1.26 bits per heavy atom. The lowest BCUT2D eigenvalue weighted by Crippen LogP contribution is -2.53. The number of ether oxygens (including phenoxy) is 1. The highest BCUT2D eigenvalue weighted by Crippen LogP contribution is 2.19. The Labute approximate surface area is 161 Å². The van der Waals surface area contributed by atoms with Crippen molar-refractivity contribution in [3.8, 4) is 0 Å². The summed E-state index contributed by atoms with van der Waals surface area (Å²) < 4.78 is 5.18. The second-order valence-electron chi connectivity index (χ2n) is 7.02. The lowest BCUT2D eigenvalue weighted by Gasteiger charge is -2.28. The van der Waals surface area contributed by atoms with Crippen molar-refractivity contribution in [2.75, 3.05) is 13.2 Å². The van der Waals surface area contributed by atoms with Crippen molar-refractivity contribution in [1.82, 2.24) is 10.2 Å². The van der Waals surface area contributed by atoms with Gasteiger partial charge in [0.25, 0.3) is 0 Å². The molecule has 1 aliphatic heterocycles. The second-order valence-corrected chi connectivity index (χ2v) is 7.02. The van der Waals surface area contributed by atoms with Crippen LogP contribution >= 0.6 is 0 Å². The zero-order valence-electron chi connectivity index (χ0n) is 16.4. The summed E-state index contributed by atoms with van der Waals surface area (Å²) in [6.45, 7) is 5.91. The molecule has 0 aliphatic carbocycles. The summed E-state index contributed by atoms with van der Waals surface area (Å²) >= 11 is 0. The summed E-state index contributed by atoms with van der Waals surface area (Å²) in [7, 11) is 0. The van der Waals surface area contributed by atoms with Crippen LogP contribution in [0.3, 0.4) is 0 Å². The average molecular weight is 374 g/mol. The lowest BCUT2D eigenvalue weighted by molar-refractivity contribution is -0.147. The number of hydrogen-bond acceptors (Lipinski definition) is 5. The molecule has 6 heteroatoms. The number of Topliss-reactive ketones (excluding diaryl/α,β-unsaturated/α-hetero) is 1. The van der Waals surface area contributed by atoms with Gasteiger partial charge in [-0.25, -0.2) is 0 Å². The summed E-state index contributed by atoms with van der Waals surface area (Å²) in [4.78, 5) is 38.6. The zero-order valence-corrected chi connectivity index (χ0v) is 16.4. The fraction of sp³-hybridized carbons (Fsp3) is 0.571. The molecular formula is C21H30N2O4. The summed E-state index contributed by atoms with van der Waals surface area (Å²) in [5.74, 6) is -0.474. The number of likely N-dealkylation sites (tertiary alicyclic amines) is 1. The van der Waals surface area contributed by atoms with E-state index in [1.807, 2.05) is 30.3 Å². The SMILES string of the molecule is CCOC(=O)[C@H](CCc1ccccc1)N[C@@H](C)C(=O)N1CCC[C@@H]1C(C)=O. The second kappa shape index (κ2) is 10.2. The lowest BCUT2D eigenvalue weighted by atomic mass is 10.0. The van der Waals surface area contributed by atoms with Gasteiger partial charge in [0.2, 0.25) is 5.91 Å². The van der Waals surface area contributed by atoms with Crippen LogP contribution in [0.4, 0.5) is 0 Å². The number of nitrogens with zero attached hydrogens (tertiary/aromatic N) is 1. The summed E-state index contributed by atoms with van der Waals surface area (Å²) in [5.41, 5.74) is 1.13. The topological polar surface area (TPSA) is 75.7 Å². The maximum atomic E-state index is 12.8. The Morgan fingerprint density at radius 2 is 1.96 bits per heavy atom. The number of ketones is 1. The number of esters is 1. The van der Waals surface area contributed by atoms with Crippen LogP contribution < -0.4 is 5.32 Å². The van der Waals surface area contributed by atoms with Gasteiger partial charge < -0.3 is 9.64 Å². The van der Waals surface area contributed by atoms with Crippen LogP contribution in [-0.2, 0) is 25.5 Å². The molecule has 2 rings (SSSR count). The number of amides is 1. The fourth-order valence-electron chi connectivity index (χ4n) is 3.54. The minimum Gasteiger partial charge on any atom is -0.465 e. The number of carbonyl (C=O) groups is 3. The first-order valence-corrected chi connectivity index (χ1v) is 9.71. The Morgan fingerprint density at radius 3 is 2.59 bits per heavy atom. The molecule has 27 heavy (non-hydrogen) atoms. The van der Waals surface area contributed by atoms with Crippen LogP contribution in [0.15, 0.2) is 30.3 Å². The average Bonchev–Trinajstić information content (AvgIpc) is 3.15. The third-order valence-electron chi connectivity index (χ3n) is 4.96. The summed E-state index contributed by atoms with van der Waals surface area (Å²) in [6.07, 6.45) is 2.79. The van der Waals surface area contributed by atoms with Gasteiger partial charge >= 0.3 is 5.97 Å². The molecule has 0 radical (unpaired) electrons. The van der Waals surface area contributed by atoms with Crippen molar-refractivity contribution in [3.05, 3.63) is 35.9 Å². The van der Waals surface area contributed by atoms with E-state index in [1.54, 1.807) is 18.7 Å². The first kappa shape index (κ1) is 21.1. The minimum absolute atomic E-state index is 0.0130. The van der Waals surface area contributed by atoms with Gasteiger partial charge in [0.15, 0.2) is 5.78 Å². The number of aryl methyl sites for hydroxylation is 1. The van der Waals surface area contributed by atoms with E-state index in [2.05, 4.69) is 5.32 Å². The highest BCUT2D eigenvalue weighted by atomic mass is 16.5. The normalized spacial score (nSPS) is 18.8. The van der Waals surface area contributed by atoms with Gasteiger partial charge in [0.05, 0.1) is 18.7 Å². The molecule has 0 spiro atoms. The largest absolute Gasteiger partial charge is 0.465 e. The highest BCUT2D eigenvalue weighted by molar-refractivity contribution is 5.90. The molecule has 0 saturated carbocycles. The molecule has 148 valence electrons. The van der Waals surface area contributed by atoms with Crippen LogP contribution in [0, 0.1) is 0 Å². The molecule has 1 N–H and O–H groups in total. The number of benzene rings is 1. The molecule has 1 aromatic rings. The van der Waals surface area contributed by atoms with Crippen LogP contribution in [0.5, 0.6) is 0 Å². The van der Waals surface area contributed by atoms with Crippen LogP contribution in [0.2, 0.25) is 0 Å². The quantitative estimate of drug-likeness (QED) is 0.670. The van der Waals surface area contributed by atoms with Gasteiger partial charge in [-0.05, 0) is 52.0 Å². The number of hydrogen-bond donors (Lipinski definition) is 1. The molecule has 0 unspecified atom stereocenters. The number of carbonyl (C=O) groups excluding carboxylic acids is 3. The van der Waals surface area contributed by atoms with Crippen molar-refractivity contribution in [2.45, 2.75) is 64.6 Å². The summed E-state index contributed by atoms with van der Waals surface area (Å²) in [6, 6.07) is 8.43. The van der Waals surface area contributed by atoms with Crippen molar-refractivity contribution in [2.24, 2.45) is 0 Å². The molecule has 1 amide bonds. The van der Waals surface area contributed by atoms with E-state index in [-0.39, 0.29) is 23.7 Å². The van der Waals surface area contributed by atoms with Gasteiger partial charge in [0, 0.05) is 6.54 Å². The molecule has 0 bridgehead atoms. The van der Waals surface area contributed by atoms with Crippen LogP contribution in [0.25, 0.3) is 0 Å². The first-order chi connectivity index (χ1) is 12.9. The maximum Gasteiger partial charge on any atom is 0.323 e. The number of nitrogens with one attached hydrogen (secondary N) is 1. The molecule has 1 aliphatic rings. The Balaban J connectivity index is 2.01. The molecule has 6 nitrogen and oxygen atoms in total. The Bertz CT molecular complexity index is 647. The van der Waals surface area contributed by atoms with E-state index in [1.165, 1.54) is 6.92 Å². The third-order valence-corrected chi connectivity index (χ3v) is 4.96. The molecular weight excluding hydrogens is 344 g/mol. The van der Waals surface area contributed by atoms with Crippen molar-refractivity contribution < 1.29 is 19.1 Å². The predicted molar refractivity (Wildman–Crippen MR) is 103 cm³/mol. The molecule has 1 heterocycles. The predicted octanol–water partition coefficient (Wildman–Crippen LogP) is 2.11. The Hall–Kier alpha value is -2.21. The molecule has 1 aromatic carbocycles. The van der Waals surface area contributed by atoms with Crippen molar-refractivity contribution >= 4 is 17.7 Å². The van der Waals surface area contributed by atoms with E-state index in [4.69, 9.17) is 4.74 Å². The summed E-state index contributed by atoms with van der Waals surface area (Å²) in [5, 5.41) is 3.13. The minimum atomic E-state index is -0.567.